The molecule has 1 aliphatic rings. The fourth-order valence-electron chi connectivity index (χ4n) is 1.85. The smallest absolute Gasteiger partial charge is 0.239 e. The number of rotatable bonds is 2. The predicted molar refractivity (Wildman–Crippen MR) is 59.4 cm³/mol. The molecule has 4 nitrogen and oxygen atoms in total. The van der Waals surface area contributed by atoms with E-state index in [0.29, 0.717) is 13.1 Å². The van der Waals surface area contributed by atoms with Crippen LogP contribution < -0.4 is 5.73 Å². The third-order valence-corrected chi connectivity index (χ3v) is 2.73. The number of nitrogens with zero attached hydrogens (tertiary/aromatic N) is 1. The summed E-state index contributed by atoms with van der Waals surface area (Å²) in [4.78, 5) is 13.8. The Morgan fingerprint density at radius 1 is 1.33 bits per heavy atom. The maximum atomic E-state index is 12.0. The van der Waals surface area contributed by atoms with Crippen LogP contribution in [0.25, 0.3) is 0 Å². The van der Waals surface area contributed by atoms with Gasteiger partial charge in [-0.05, 0) is 19.8 Å². The molecule has 0 aromatic carbocycles. The summed E-state index contributed by atoms with van der Waals surface area (Å²) < 4.78 is 5.57. The van der Waals surface area contributed by atoms with E-state index in [-0.39, 0.29) is 30.1 Å². The van der Waals surface area contributed by atoms with Gasteiger partial charge in [-0.3, -0.25) is 4.79 Å². The molecular weight excluding hydrogens is 192 g/mol. The molecule has 0 spiro atoms. The lowest BCUT2D eigenvalue weighted by molar-refractivity contribution is -0.145. The largest absolute Gasteiger partial charge is 0.372 e. The van der Waals surface area contributed by atoms with Crippen molar-refractivity contribution in [3.05, 3.63) is 0 Å². The van der Waals surface area contributed by atoms with E-state index in [1.165, 1.54) is 0 Å². The third kappa shape index (κ3) is 3.18. The van der Waals surface area contributed by atoms with Crippen LogP contribution in [0.1, 0.15) is 27.7 Å². The third-order valence-electron chi connectivity index (χ3n) is 2.73. The summed E-state index contributed by atoms with van der Waals surface area (Å²) >= 11 is 0. The maximum Gasteiger partial charge on any atom is 0.239 e. The van der Waals surface area contributed by atoms with Gasteiger partial charge in [0.2, 0.25) is 5.91 Å². The molecule has 0 aliphatic carbocycles. The zero-order chi connectivity index (χ0) is 11.6. The Bertz CT molecular complexity index is 221. The molecule has 0 radical (unpaired) electrons. The number of hydrogen-bond donors (Lipinski definition) is 1. The van der Waals surface area contributed by atoms with Crippen LogP contribution in [0, 0.1) is 5.92 Å². The Kier molecular flexibility index (Phi) is 4.11. The highest BCUT2D eigenvalue weighted by Crippen LogP contribution is 2.13. The monoisotopic (exact) mass is 214 g/mol. The van der Waals surface area contributed by atoms with Crippen molar-refractivity contribution in [3.63, 3.8) is 0 Å². The lowest BCUT2D eigenvalue weighted by Gasteiger charge is -2.37. The Balaban J connectivity index is 2.59. The Hall–Kier alpha value is -0.610. The maximum absolute atomic E-state index is 12.0. The second kappa shape index (κ2) is 4.94. The summed E-state index contributed by atoms with van der Waals surface area (Å²) in [6.07, 6.45) is 0.217. The number of carbonyl (C=O) groups excluding carboxylic acids is 1. The van der Waals surface area contributed by atoms with Crippen LogP contribution in [0.3, 0.4) is 0 Å². The van der Waals surface area contributed by atoms with Gasteiger partial charge < -0.3 is 15.4 Å². The van der Waals surface area contributed by atoms with Crippen LogP contribution in [0.15, 0.2) is 0 Å². The van der Waals surface area contributed by atoms with E-state index in [4.69, 9.17) is 10.5 Å². The van der Waals surface area contributed by atoms with Crippen molar-refractivity contribution in [2.75, 3.05) is 13.1 Å². The van der Waals surface area contributed by atoms with Gasteiger partial charge >= 0.3 is 0 Å². The van der Waals surface area contributed by atoms with Crippen LogP contribution in [-0.4, -0.2) is 42.1 Å². The highest BCUT2D eigenvalue weighted by atomic mass is 16.5. The lowest BCUT2D eigenvalue weighted by Crippen LogP contribution is -2.54. The topological polar surface area (TPSA) is 55.6 Å². The first-order valence-electron chi connectivity index (χ1n) is 5.61. The molecule has 15 heavy (non-hydrogen) atoms. The summed E-state index contributed by atoms with van der Waals surface area (Å²) in [5, 5.41) is 0. The van der Waals surface area contributed by atoms with Gasteiger partial charge in [0.25, 0.3) is 0 Å². The van der Waals surface area contributed by atoms with E-state index in [1.807, 2.05) is 32.6 Å². The second-order valence-electron chi connectivity index (χ2n) is 4.77. The molecule has 1 aliphatic heterocycles. The molecule has 1 amide bonds. The zero-order valence-corrected chi connectivity index (χ0v) is 10.1. The molecule has 0 aromatic heterocycles. The lowest BCUT2D eigenvalue weighted by atomic mass is 10.0. The quantitative estimate of drug-likeness (QED) is 0.732. The average molecular weight is 214 g/mol. The molecule has 0 saturated carbocycles. The molecule has 1 saturated heterocycles. The van der Waals surface area contributed by atoms with E-state index >= 15 is 0 Å². The molecule has 2 unspecified atom stereocenters. The Morgan fingerprint density at radius 3 is 2.20 bits per heavy atom. The van der Waals surface area contributed by atoms with Gasteiger partial charge in [-0.15, -0.1) is 0 Å². The fourth-order valence-corrected chi connectivity index (χ4v) is 1.85. The molecule has 1 heterocycles. The van der Waals surface area contributed by atoms with Crippen molar-refractivity contribution in [1.29, 1.82) is 0 Å². The van der Waals surface area contributed by atoms with Gasteiger partial charge in [-0.1, -0.05) is 13.8 Å². The van der Waals surface area contributed by atoms with Gasteiger partial charge in [0.05, 0.1) is 18.2 Å². The summed E-state index contributed by atoms with van der Waals surface area (Å²) in [7, 11) is 0. The summed E-state index contributed by atoms with van der Waals surface area (Å²) in [5.74, 6) is 0.234. The molecular formula is C11H22N2O2. The van der Waals surface area contributed by atoms with Crippen molar-refractivity contribution in [1.82, 2.24) is 4.90 Å². The van der Waals surface area contributed by atoms with Gasteiger partial charge in [0.15, 0.2) is 0 Å². The van der Waals surface area contributed by atoms with Crippen molar-refractivity contribution in [2.45, 2.75) is 45.9 Å². The molecule has 1 rings (SSSR count). The van der Waals surface area contributed by atoms with Gasteiger partial charge in [-0.2, -0.15) is 0 Å². The number of morpholine rings is 1. The molecule has 4 heteroatoms. The highest BCUT2D eigenvalue weighted by molar-refractivity contribution is 5.82. The minimum Gasteiger partial charge on any atom is -0.372 e. The number of ether oxygens (including phenoxy) is 1. The fraction of sp³-hybridized carbons (Fsp3) is 0.909. The second-order valence-corrected chi connectivity index (χ2v) is 4.77. The zero-order valence-electron chi connectivity index (χ0n) is 10.1. The standard InChI is InChI=1S/C11H22N2O2/c1-7(2)10(12)11(14)13-5-8(3)15-9(4)6-13/h7-10H,5-6,12H2,1-4H3/t8?,9?,10-/m0/s1. The van der Waals surface area contributed by atoms with Crippen LogP contribution in [0.4, 0.5) is 0 Å². The number of hydrogen-bond acceptors (Lipinski definition) is 3. The van der Waals surface area contributed by atoms with Crippen molar-refractivity contribution < 1.29 is 9.53 Å². The van der Waals surface area contributed by atoms with E-state index < -0.39 is 0 Å². The highest BCUT2D eigenvalue weighted by Gasteiger charge is 2.29. The van der Waals surface area contributed by atoms with Crippen LogP contribution in [-0.2, 0) is 9.53 Å². The first-order chi connectivity index (χ1) is 6.91. The minimum absolute atomic E-state index is 0.0481. The summed E-state index contributed by atoms with van der Waals surface area (Å²) in [6.45, 7) is 9.21. The average Bonchev–Trinajstić information content (AvgIpc) is 2.13. The van der Waals surface area contributed by atoms with Crippen LogP contribution in [0.2, 0.25) is 0 Å². The molecule has 1 fully saturated rings. The number of nitrogens with two attached hydrogens (primary N) is 1. The number of amides is 1. The normalized spacial score (nSPS) is 29.3. The molecule has 0 aromatic rings. The van der Waals surface area contributed by atoms with Crippen LogP contribution >= 0.6 is 0 Å². The summed E-state index contributed by atoms with van der Waals surface area (Å²) in [6, 6.07) is -0.387. The van der Waals surface area contributed by atoms with Crippen molar-refractivity contribution in [3.8, 4) is 0 Å². The molecule has 2 N–H and O–H groups in total. The number of carbonyl (C=O) groups is 1. The Labute approximate surface area is 91.8 Å². The first-order valence-corrected chi connectivity index (χ1v) is 5.61. The van der Waals surface area contributed by atoms with Gasteiger partial charge in [0.1, 0.15) is 0 Å². The first kappa shape index (κ1) is 12.5. The molecule has 0 bridgehead atoms. The van der Waals surface area contributed by atoms with Crippen molar-refractivity contribution >= 4 is 5.91 Å². The van der Waals surface area contributed by atoms with E-state index in [1.54, 1.807) is 0 Å². The van der Waals surface area contributed by atoms with E-state index in [2.05, 4.69) is 0 Å². The van der Waals surface area contributed by atoms with Gasteiger partial charge in [0, 0.05) is 13.1 Å². The van der Waals surface area contributed by atoms with Gasteiger partial charge in [-0.25, -0.2) is 0 Å². The summed E-state index contributed by atoms with van der Waals surface area (Å²) in [5.41, 5.74) is 5.85. The Morgan fingerprint density at radius 2 is 1.80 bits per heavy atom. The minimum atomic E-state index is -0.387. The SMILES string of the molecule is CC1CN(C(=O)[C@@H](N)C(C)C)CC(C)O1. The predicted octanol–water partition coefficient (Wildman–Crippen LogP) is 0.605. The van der Waals surface area contributed by atoms with Crippen molar-refractivity contribution in [2.24, 2.45) is 11.7 Å². The van der Waals surface area contributed by atoms with Crippen LogP contribution in [0.5, 0.6) is 0 Å². The van der Waals surface area contributed by atoms with E-state index in [0.717, 1.165) is 0 Å². The molecule has 88 valence electrons. The molecule has 3 atom stereocenters. The van der Waals surface area contributed by atoms with E-state index in [9.17, 15) is 4.79 Å².